The zero-order valence-corrected chi connectivity index (χ0v) is 11.8. The SMILES string of the molecule is Nc1ccc(OCC(=O)Nc2cccc3nsnc23)cc1. The summed E-state index contributed by atoms with van der Waals surface area (Å²) < 4.78 is 13.7. The van der Waals surface area contributed by atoms with E-state index in [1.807, 2.05) is 12.1 Å². The first-order valence-electron chi connectivity index (χ1n) is 6.22. The number of aromatic nitrogens is 2. The molecule has 0 aliphatic carbocycles. The third-order valence-corrected chi connectivity index (χ3v) is 3.35. The molecule has 3 rings (SSSR count). The van der Waals surface area contributed by atoms with Crippen molar-refractivity contribution in [2.24, 2.45) is 0 Å². The molecule has 0 spiro atoms. The highest BCUT2D eigenvalue weighted by Crippen LogP contribution is 2.21. The monoisotopic (exact) mass is 300 g/mol. The number of benzene rings is 2. The number of anilines is 2. The van der Waals surface area contributed by atoms with Gasteiger partial charge in [-0.1, -0.05) is 6.07 Å². The molecule has 0 bridgehead atoms. The highest BCUT2D eigenvalue weighted by molar-refractivity contribution is 7.00. The van der Waals surface area contributed by atoms with Crippen molar-refractivity contribution in [3.05, 3.63) is 42.5 Å². The molecule has 0 saturated carbocycles. The van der Waals surface area contributed by atoms with Gasteiger partial charge in [0.15, 0.2) is 6.61 Å². The number of carbonyl (C=O) groups excluding carboxylic acids is 1. The Hall–Kier alpha value is -2.67. The van der Waals surface area contributed by atoms with Crippen LogP contribution in [0, 0.1) is 0 Å². The Morgan fingerprint density at radius 3 is 2.81 bits per heavy atom. The van der Waals surface area contributed by atoms with Crippen LogP contribution in [0.3, 0.4) is 0 Å². The number of fused-ring (bicyclic) bond motifs is 1. The van der Waals surface area contributed by atoms with E-state index in [1.54, 1.807) is 30.3 Å². The molecule has 0 fully saturated rings. The average Bonchev–Trinajstić information content (AvgIpc) is 2.96. The predicted molar refractivity (Wildman–Crippen MR) is 82.4 cm³/mol. The molecule has 0 unspecified atom stereocenters. The van der Waals surface area contributed by atoms with Crippen molar-refractivity contribution in [3.63, 3.8) is 0 Å². The standard InChI is InChI=1S/C14H12N4O2S/c15-9-4-6-10(7-5-9)20-8-13(19)16-11-2-1-3-12-14(11)18-21-17-12/h1-7H,8,15H2,(H,16,19). The molecule has 6 nitrogen and oxygen atoms in total. The lowest BCUT2D eigenvalue weighted by atomic mass is 10.2. The summed E-state index contributed by atoms with van der Waals surface area (Å²) in [5.41, 5.74) is 8.31. The second kappa shape index (κ2) is 5.76. The molecule has 21 heavy (non-hydrogen) atoms. The van der Waals surface area contributed by atoms with Crippen molar-refractivity contribution in [2.45, 2.75) is 0 Å². The molecular weight excluding hydrogens is 288 g/mol. The number of ether oxygens (including phenoxy) is 1. The maximum atomic E-state index is 11.9. The van der Waals surface area contributed by atoms with Crippen molar-refractivity contribution >= 4 is 40.0 Å². The topological polar surface area (TPSA) is 90.1 Å². The lowest BCUT2D eigenvalue weighted by molar-refractivity contribution is -0.118. The molecule has 0 radical (unpaired) electrons. The van der Waals surface area contributed by atoms with Crippen LogP contribution in [-0.2, 0) is 4.79 Å². The fourth-order valence-corrected chi connectivity index (χ4v) is 2.36. The quantitative estimate of drug-likeness (QED) is 0.721. The second-order valence-electron chi connectivity index (χ2n) is 4.34. The van der Waals surface area contributed by atoms with E-state index in [2.05, 4.69) is 14.1 Å². The van der Waals surface area contributed by atoms with Crippen LogP contribution in [0.25, 0.3) is 11.0 Å². The Kier molecular flexibility index (Phi) is 3.65. The summed E-state index contributed by atoms with van der Waals surface area (Å²) in [4.78, 5) is 11.9. The van der Waals surface area contributed by atoms with Crippen LogP contribution in [0.15, 0.2) is 42.5 Å². The third-order valence-electron chi connectivity index (χ3n) is 2.81. The number of nitrogen functional groups attached to an aromatic ring is 1. The van der Waals surface area contributed by atoms with E-state index in [-0.39, 0.29) is 12.5 Å². The fraction of sp³-hybridized carbons (Fsp3) is 0.0714. The molecule has 7 heteroatoms. The lowest BCUT2D eigenvalue weighted by Crippen LogP contribution is -2.20. The van der Waals surface area contributed by atoms with E-state index in [9.17, 15) is 4.79 Å². The lowest BCUT2D eigenvalue weighted by Gasteiger charge is -2.08. The van der Waals surface area contributed by atoms with Gasteiger partial charge < -0.3 is 15.8 Å². The summed E-state index contributed by atoms with van der Waals surface area (Å²) in [6.07, 6.45) is 0. The van der Waals surface area contributed by atoms with Crippen LogP contribution in [0.2, 0.25) is 0 Å². The van der Waals surface area contributed by atoms with Gasteiger partial charge in [0.2, 0.25) is 0 Å². The first-order chi connectivity index (χ1) is 10.2. The van der Waals surface area contributed by atoms with Crippen LogP contribution in [-0.4, -0.2) is 21.3 Å². The van der Waals surface area contributed by atoms with Gasteiger partial charge in [-0.25, -0.2) is 0 Å². The number of amides is 1. The normalized spacial score (nSPS) is 10.5. The number of nitrogens with zero attached hydrogens (tertiary/aromatic N) is 2. The van der Waals surface area contributed by atoms with Crippen molar-refractivity contribution < 1.29 is 9.53 Å². The van der Waals surface area contributed by atoms with Gasteiger partial charge >= 0.3 is 0 Å². The van der Waals surface area contributed by atoms with Crippen LogP contribution in [0.5, 0.6) is 5.75 Å². The minimum Gasteiger partial charge on any atom is -0.484 e. The Morgan fingerprint density at radius 2 is 2.00 bits per heavy atom. The second-order valence-corrected chi connectivity index (χ2v) is 4.87. The van der Waals surface area contributed by atoms with Gasteiger partial charge in [0.25, 0.3) is 5.91 Å². The average molecular weight is 300 g/mol. The van der Waals surface area contributed by atoms with Crippen LogP contribution in [0.4, 0.5) is 11.4 Å². The number of hydrogen-bond acceptors (Lipinski definition) is 6. The molecule has 3 aromatic rings. The number of rotatable bonds is 4. The minimum atomic E-state index is -0.257. The molecular formula is C14H12N4O2S. The zero-order chi connectivity index (χ0) is 14.7. The zero-order valence-electron chi connectivity index (χ0n) is 10.9. The molecule has 1 heterocycles. The van der Waals surface area contributed by atoms with Crippen LogP contribution in [0.1, 0.15) is 0 Å². The highest BCUT2D eigenvalue weighted by atomic mass is 32.1. The van der Waals surface area contributed by atoms with Gasteiger partial charge in [-0.05, 0) is 36.4 Å². The van der Waals surface area contributed by atoms with Gasteiger partial charge in [0.1, 0.15) is 16.8 Å². The molecule has 1 aromatic heterocycles. The number of nitrogens with one attached hydrogen (secondary N) is 1. The highest BCUT2D eigenvalue weighted by Gasteiger charge is 2.09. The van der Waals surface area contributed by atoms with Crippen LogP contribution < -0.4 is 15.8 Å². The molecule has 0 saturated heterocycles. The van der Waals surface area contributed by atoms with Gasteiger partial charge in [-0.3, -0.25) is 4.79 Å². The summed E-state index contributed by atoms with van der Waals surface area (Å²) in [7, 11) is 0. The summed E-state index contributed by atoms with van der Waals surface area (Å²) in [6.45, 7) is -0.0854. The third kappa shape index (κ3) is 3.09. The van der Waals surface area contributed by atoms with Crippen molar-refractivity contribution in [1.29, 1.82) is 0 Å². The van der Waals surface area contributed by atoms with Gasteiger partial charge in [-0.2, -0.15) is 8.75 Å². The van der Waals surface area contributed by atoms with E-state index < -0.39 is 0 Å². The molecule has 1 amide bonds. The Balaban J connectivity index is 1.64. The summed E-state index contributed by atoms with van der Waals surface area (Å²) >= 11 is 1.11. The maximum absolute atomic E-state index is 11.9. The first kappa shape index (κ1) is 13.3. The molecule has 3 N–H and O–H groups in total. The Morgan fingerprint density at radius 1 is 1.19 bits per heavy atom. The molecule has 0 aliphatic heterocycles. The van der Waals surface area contributed by atoms with E-state index in [0.717, 1.165) is 17.2 Å². The van der Waals surface area contributed by atoms with Gasteiger partial charge in [0.05, 0.1) is 17.4 Å². The van der Waals surface area contributed by atoms with Crippen molar-refractivity contribution in [1.82, 2.24) is 8.75 Å². The number of nitrogens with two attached hydrogens (primary N) is 1. The fourth-order valence-electron chi connectivity index (χ4n) is 1.81. The summed E-state index contributed by atoms with van der Waals surface area (Å²) in [6, 6.07) is 12.3. The van der Waals surface area contributed by atoms with Crippen LogP contribution >= 0.6 is 11.7 Å². The molecule has 0 aliphatic rings. The predicted octanol–water partition coefficient (Wildman–Crippen LogP) is 2.29. The smallest absolute Gasteiger partial charge is 0.262 e. The van der Waals surface area contributed by atoms with Crippen molar-refractivity contribution in [3.8, 4) is 5.75 Å². The number of carbonyl (C=O) groups is 1. The molecule has 2 aromatic carbocycles. The van der Waals surface area contributed by atoms with Gasteiger partial charge in [-0.15, -0.1) is 0 Å². The van der Waals surface area contributed by atoms with E-state index >= 15 is 0 Å². The summed E-state index contributed by atoms with van der Waals surface area (Å²) in [5.74, 6) is 0.334. The molecule has 106 valence electrons. The first-order valence-corrected chi connectivity index (χ1v) is 6.95. The van der Waals surface area contributed by atoms with Gasteiger partial charge in [0, 0.05) is 5.69 Å². The van der Waals surface area contributed by atoms with E-state index in [4.69, 9.17) is 10.5 Å². The maximum Gasteiger partial charge on any atom is 0.262 e. The van der Waals surface area contributed by atoms with E-state index in [1.165, 1.54) is 0 Å². The largest absolute Gasteiger partial charge is 0.484 e. The number of hydrogen-bond donors (Lipinski definition) is 2. The molecule has 0 atom stereocenters. The minimum absolute atomic E-state index is 0.0854. The Labute approximate surface area is 124 Å². The summed E-state index contributed by atoms with van der Waals surface area (Å²) in [5, 5.41) is 2.77. The van der Waals surface area contributed by atoms with Crippen molar-refractivity contribution in [2.75, 3.05) is 17.7 Å². The Bertz CT molecular complexity index is 770. The van der Waals surface area contributed by atoms with E-state index in [0.29, 0.717) is 22.6 Å².